The summed E-state index contributed by atoms with van der Waals surface area (Å²) < 4.78 is 0. The number of aryl methyl sites for hydroxylation is 1. The first-order valence-electron chi connectivity index (χ1n) is 4.83. The molecule has 0 spiro atoms. The highest BCUT2D eigenvalue weighted by Gasteiger charge is 2.23. The predicted molar refractivity (Wildman–Crippen MR) is 53.0 cm³/mol. The predicted octanol–water partition coefficient (Wildman–Crippen LogP) is 2.96. The Morgan fingerprint density at radius 1 is 1.46 bits per heavy atom. The molecule has 0 aliphatic heterocycles. The molecule has 0 amide bonds. The van der Waals surface area contributed by atoms with Crippen LogP contribution in [0.1, 0.15) is 43.4 Å². The number of hydrogen-bond acceptors (Lipinski definition) is 2. The van der Waals surface area contributed by atoms with E-state index < -0.39 is 0 Å². The van der Waals surface area contributed by atoms with Crippen LogP contribution < -0.4 is 0 Å². The highest BCUT2D eigenvalue weighted by Crippen LogP contribution is 2.36. The maximum absolute atomic E-state index is 5.79. The lowest BCUT2D eigenvalue weighted by atomic mass is 9.81. The van der Waals surface area contributed by atoms with Crippen molar-refractivity contribution in [2.75, 3.05) is 0 Å². The van der Waals surface area contributed by atoms with Gasteiger partial charge < -0.3 is 0 Å². The number of hydrogen-bond donors (Lipinski definition) is 0. The average Bonchev–Trinajstić information content (AvgIpc) is 2.05. The molecule has 1 aromatic heterocycles. The first-order chi connectivity index (χ1) is 6.31. The lowest BCUT2D eigenvalue weighted by molar-refractivity contribution is 0.405. The van der Waals surface area contributed by atoms with Gasteiger partial charge in [0.25, 0.3) is 0 Å². The zero-order valence-electron chi connectivity index (χ0n) is 7.76. The summed E-state index contributed by atoms with van der Waals surface area (Å²) in [6.45, 7) is 2.13. The lowest BCUT2D eigenvalue weighted by Crippen LogP contribution is -2.13. The van der Waals surface area contributed by atoms with Crippen LogP contribution in [0.25, 0.3) is 0 Å². The molecule has 1 heterocycles. The average molecular weight is 197 g/mol. The molecule has 1 fully saturated rings. The molecule has 0 N–H and O–H groups in total. The number of halogens is 1. The van der Waals surface area contributed by atoms with E-state index in [1.165, 1.54) is 30.5 Å². The van der Waals surface area contributed by atoms with E-state index in [1.807, 2.05) is 6.07 Å². The smallest absolute Gasteiger partial charge is 0.152 e. The minimum Gasteiger partial charge on any atom is -0.154 e. The summed E-state index contributed by atoms with van der Waals surface area (Å²) in [6.07, 6.45) is 4.87. The third kappa shape index (κ3) is 1.68. The summed E-state index contributed by atoms with van der Waals surface area (Å²) in [6, 6.07) is 1.95. The molecule has 1 aliphatic carbocycles. The van der Waals surface area contributed by atoms with Crippen LogP contribution >= 0.6 is 11.6 Å². The second-order valence-corrected chi connectivity index (χ2v) is 3.95. The summed E-state index contributed by atoms with van der Waals surface area (Å²) in [5.74, 6) is 0.653. The van der Waals surface area contributed by atoms with Crippen molar-refractivity contribution in [3.8, 4) is 0 Å². The molecule has 0 aromatic carbocycles. The van der Waals surface area contributed by atoms with Gasteiger partial charge in [-0.2, -0.15) is 5.10 Å². The van der Waals surface area contributed by atoms with E-state index in [4.69, 9.17) is 11.6 Å². The Morgan fingerprint density at radius 3 is 2.77 bits per heavy atom. The van der Waals surface area contributed by atoms with Crippen LogP contribution in [0, 0.1) is 0 Å². The molecular weight excluding hydrogens is 184 g/mol. The van der Waals surface area contributed by atoms with Crippen molar-refractivity contribution < 1.29 is 0 Å². The van der Waals surface area contributed by atoms with Gasteiger partial charge in [-0.05, 0) is 30.9 Å². The van der Waals surface area contributed by atoms with Crippen LogP contribution in [0.3, 0.4) is 0 Å². The van der Waals surface area contributed by atoms with E-state index >= 15 is 0 Å². The first-order valence-corrected chi connectivity index (χ1v) is 5.21. The Bertz CT molecular complexity index is 308. The van der Waals surface area contributed by atoms with Crippen molar-refractivity contribution >= 4 is 11.6 Å². The number of aromatic nitrogens is 2. The van der Waals surface area contributed by atoms with Gasteiger partial charge in [-0.25, -0.2) is 0 Å². The van der Waals surface area contributed by atoms with Gasteiger partial charge in [0.05, 0.1) is 5.69 Å². The minimum atomic E-state index is 0.514. The van der Waals surface area contributed by atoms with E-state index in [0.717, 1.165) is 6.42 Å². The minimum absolute atomic E-state index is 0.514. The molecule has 13 heavy (non-hydrogen) atoms. The maximum Gasteiger partial charge on any atom is 0.152 e. The van der Waals surface area contributed by atoms with Crippen molar-refractivity contribution in [1.82, 2.24) is 10.2 Å². The van der Waals surface area contributed by atoms with Crippen LogP contribution in [-0.4, -0.2) is 10.2 Å². The van der Waals surface area contributed by atoms with Crippen molar-refractivity contribution in [3.05, 3.63) is 22.5 Å². The Hall–Kier alpha value is -0.630. The molecule has 1 saturated carbocycles. The molecule has 0 saturated heterocycles. The number of rotatable bonds is 2. The molecular formula is C10H13ClN2. The van der Waals surface area contributed by atoms with E-state index in [2.05, 4.69) is 17.1 Å². The van der Waals surface area contributed by atoms with Gasteiger partial charge >= 0.3 is 0 Å². The SMILES string of the molecule is CCc1cc(Cl)nnc1C1CCC1. The molecule has 0 atom stereocenters. The van der Waals surface area contributed by atoms with Gasteiger partial charge in [-0.1, -0.05) is 24.9 Å². The summed E-state index contributed by atoms with van der Waals surface area (Å²) >= 11 is 5.79. The normalized spacial score (nSPS) is 17.1. The van der Waals surface area contributed by atoms with Gasteiger partial charge in [-0.15, -0.1) is 5.10 Å². The third-order valence-corrected chi connectivity index (χ3v) is 2.93. The lowest BCUT2D eigenvalue weighted by Gasteiger charge is -2.25. The zero-order chi connectivity index (χ0) is 9.26. The summed E-state index contributed by atoms with van der Waals surface area (Å²) in [5.41, 5.74) is 2.45. The van der Waals surface area contributed by atoms with Crippen LogP contribution in [0.15, 0.2) is 6.07 Å². The van der Waals surface area contributed by atoms with Crippen molar-refractivity contribution in [1.29, 1.82) is 0 Å². The molecule has 0 bridgehead atoms. The van der Waals surface area contributed by atoms with Crippen molar-refractivity contribution in [3.63, 3.8) is 0 Å². The second-order valence-electron chi connectivity index (χ2n) is 3.56. The summed E-state index contributed by atoms with van der Waals surface area (Å²) in [7, 11) is 0. The van der Waals surface area contributed by atoms with E-state index in [0.29, 0.717) is 11.1 Å². The van der Waals surface area contributed by atoms with Crippen molar-refractivity contribution in [2.45, 2.75) is 38.5 Å². The maximum atomic E-state index is 5.79. The van der Waals surface area contributed by atoms with Crippen molar-refractivity contribution in [2.24, 2.45) is 0 Å². The van der Waals surface area contributed by atoms with Gasteiger partial charge in [-0.3, -0.25) is 0 Å². The second kappa shape index (κ2) is 3.62. The van der Waals surface area contributed by atoms with Gasteiger partial charge in [0.15, 0.2) is 5.15 Å². The fourth-order valence-corrected chi connectivity index (χ4v) is 1.89. The number of nitrogens with zero attached hydrogens (tertiary/aromatic N) is 2. The fourth-order valence-electron chi connectivity index (χ4n) is 1.72. The first kappa shape index (κ1) is 8.95. The summed E-state index contributed by atoms with van der Waals surface area (Å²) in [4.78, 5) is 0. The van der Waals surface area contributed by atoms with Gasteiger partial charge in [0.2, 0.25) is 0 Å². The van der Waals surface area contributed by atoms with Crippen LogP contribution in [0.4, 0.5) is 0 Å². The Labute approximate surface area is 83.3 Å². The molecule has 0 unspecified atom stereocenters. The van der Waals surface area contributed by atoms with Crippen LogP contribution in [0.2, 0.25) is 5.15 Å². The molecule has 1 aliphatic rings. The molecule has 2 rings (SSSR count). The van der Waals surface area contributed by atoms with Crippen LogP contribution in [-0.2, 0) is 6.42 Å². The monoisotopic (exact) mass is 196 g/mol. The standard InChI is InChI=1S/C10H13ClN2/c1-2-7-6-9(11)12-13-10(7)8-4-3-5-8/h6,8H,2-5H2,1H3. The molecule has 70 valence electrons. The fraction of sp³-hybridized carbons (Fsp3) is 0.600. The topological polar surface area (TPSA) is 25.8 Å². The third-order valence-electron chi connectivity index (χ3n) is 2.75. The quantitative estimate of drug-likeness (QED) is 0.727. The largest absolute Gasteiger partial charge is 0.154 e. The summed E-state index contributed by atoms with van der Waals surface area (Å²) in [5, 5.41) is 8.61. The van der Waals surface area contributed by atoms with Gasteiger partial charge in [0.1, 0.15) is 0 Å². The molecule has 3 heteroatoms. The Balaban J connectivity index is 2.32. The highest BCUT2D eigenvalue weighted by atomic mass is 35.5. The Morgan fingerprint density at radius 2 is 2.23 bits per heavy atom. The van der Waals surface area contributed by atoms with Crippen LogP contribution in [0.5, 0.6) is 0 Å². The van der Waals surface area contributed by atoms with Gasteiger partial charge in [0, 0.05) is 5.92 Å². The highest BCUT2D eigenvalue weighted by molar-refractivity contribution is 6.29. The van der Waals surface area contributed by atoms with E-state index in [-0.39, 0.29) is 0 Å². The molecule has 0 radical (unpaired) electrons. The van der Waals surface area contributed by atoms with E-state index in [1.54, 1.807) is 0 Å². The molecule has 2 nitrogen and oxygen atoms in total. The molecule has 1 aromatic rings. The zero-order valence-corrected chi connectivity index (χ0v) is 8.51. The Kier molecular flexibility index (Phi) is 2.49. The van der Waals surface area contributed by atoms with E-state index in [9.17, 15) is 0 Å².